The Labute approximate surface area is 345 Å². The quantitative estimate of drug-likeness (QED) is 0.156. The number of aliphatic hydroxyl groups excluding tert-OH is 1. The van der Waals surface area contributed by atoms with E-state index in [-0.39, 0.29) is 12.0 Å². The summed E-state index contributed by atoms with van der Waals surface area (Å²) in [4.78, 5) is 53.0. The molecule has 2 saturated heterocycles. The van der Waals surface area contributed by atoms with Crippen molar-refractivity contribution in [3.8, 4) is 0 Å². The molecule has 1 unspecified atom stereocenters. The summed E-state index contributed by atoms with van der Waals surface area (Å²) in [6.07, 6.45) is 5.77. The maximum absolute atomic E-state index is 15.3. The van der Waals surface area contributed by atoms with Gasteiger partial charge in [-0.15, -0.1) is 0 Å². The Bertz CT molecular complexity index is 2260. The molecule has 59 heavy (non-hydrogen) atoms. The summed E-state index contributed by atoms with van der Waals surface area (Å²) in [6.45, 7) is 8.09. The maximum Gasteiger partial charge on any atom is 0.344 e. The van der Waals surface area contributed by atoms with Gasteiger partial charge in [-0.25, -0.2) is 4.79 Å². The molecule has 5 aliphatic heterocycles. The minimum absolute atomic E-state index is 0.125. The predicted molar refractivity (Wildman–Crippen MR) is 220 cm³/mol. The van der Waals surface area contributed by atoms with Crippen LogP contribution >= 0.6 is 0 Å². The molecule has 10 atom stereocenters. The number of methoxy groups -OCH3 is 2. The molecule has 0 amide bonds. The summed E-state index contributed by atoms with van der Waals surface area (Å²) >= 11 is 0. The first-order valence-corrected chi connectivity index (χ1v) is 21.3. The lowest BCUT2D eigenvalue weighted by atomic mass is 9.47. The van der Waals surface area contributed by atoms with E-state index < -0.39 is 64.1 Å². The van der Waals surface area contributed by atoms with Crippen LogP contribution in [-0.4, -0.2) is 131 Å². The van der Waals surface area contributed by atoms with Gasteiger partial charge in [0.1, 0.15) is 5.41 Å². The van der Waals surface area contributed by atoms with Crippen LogP contribution in [0.2, 0.25) is 0 Å². The fourth-order valence-electron chi connectivity index (χ4n) is 13.6. The topological polar surface area (TPSA) is 165 Å². The first-order valence-electron chi connectivity index (χ1n) is 21.3. The molecule has 1 aliphatic carbocycles. The Morgan fingerprint density at radius 3 is 2.42 bits per heavy atom. The highest BCUT2D eigenvalue weighted by molar-refractivity contribution is 5.94. The second kappa shape index (κ2) is 13.9. The number of esters is 3. The number of aromatic nitrogens is 1. The molecule has 13 nitrogen and oxygen atoms in total. The molecular weight excluding hydrogens is 753 g/mol. The largest absolute Gasteiger partial charge is 0.468 e. The van der Waals surface area contributed by atoms with Crippen LogP contribution in [0.5, 0.6) is 0 Å². The summed E-state index contributed by atoms with van der Waals surface area (Å²) in [5.74, 6) is -2.11. The monoisotopic (exact) mass is 810 g/mol. The average Bonchev–Trinajstić information content (AvgIpc) is 3.90. The van der Waals surface area contributed by atoms with Gasteiger partial charge < -0.3 is 39.4 Å². The van der Waals surface area contributed by atoms with Gasteiger partial charge in [0.05, 0.1) is 32.5 Å². The third kappa shape index (κ3) is 5.23. The molecule has 6 aliphatic rings. The lowest BCUT2D eigenvalue weighted by Crippen LogP contribution is -2.81. The number of para-hydroxylation sites is 1. The third-order valence-corrected chi connectivity index (χ3v) is 15.7. The summed E-state index contributed by atoms with van der Waals surface area (Å²) < 4.78 is 17.5. The van der Waals surface area contributed by atoms with Crippen molar-refractivity contribution in [2.45, 2.75) is 106 Å². The van der Waals surface area contributed by atoms with Crippen LogP contribution in [0.3, 0.4) is 0 Å². The Balaban J connectivity index is 1.36. The van der Waals surface area contributed by atoms with Crippen molar-refractivity contribution in [2.24, 2.45) is 11.3 Å². The molecule has 6 heterocycles. The Morgan fingerprint density at radius 1 is 0.966 bits per heavy atom. The van der Waals surface area contributed by atoms with Crippen LogP contribution in [0.15, 0.2) is 48.6 Å². The van der Waals surface area contributed by atoms with E-state index in [0.717, 1.165) is 27.7 Å². The summed E-state index contributed by atoms with van der Waals surface area (Å²) in [7, 11) is 4.49. The number of benzene rings is 2. The minimum Gasteiger partial charge on any atom is -0.468 e. The molecule has 13 heteroatoms. The van der Waals surface area contributed by atoms with Crippen molar-refractivity contribution < 1.29 is 43.9 Å². The summed E-state index contributed by atoms with van der Waals surface area (Å²) in [5.41, 5.74) is -1.41. The van der Waals surface area contributed by atoms with Gasteiger partial charge in [0.25, 0.3) is 0 Å². The van der Waals surface area contributed by atoms with Gasteiger partial charge in [-0.3, -0.25) is 19.4 Å². The summed E-state index contributed by atoms with van der Waals surface area (Å²) in [6, 6.07) is 10.8. The third-order valence-electron chi connectivity index (χ3n) is 15.7. The number of hydrogen-bond acceptors (Lipinski definition) is 12. The molecule has 4 N–H and O–H groups in total. The molecule has 3 fully saturated rings. The molecule has 2 aromatic carbocycles. The smallest absolute Gasteiger partial charge is 0.344 e. The number of nitrogens with one attached hydrogen (secondary N) is 1. The Hall–Kier alpha value is -4.27. The maximum atomic E-state index is 15.3. The van der Waals surface area contributed by atoms with Gasteiger partial charge in [0, 0.05) is 79.3 Å². The highest BCUT2D eigenvalue weighted by atomic mass is 16.6. The number of likely N-dealkylation sites (N-methyl/N-ethyl adjacent to an activating group) is 1. The van der Waals surface area contributed by atoms with Crippen molar-refractivity contribution in [1.82, 2.24) is 14.8 Å². The highest BCUT2D eigenvalue weighted by Gasteiger charge is 2.80. The number of anilines is 1. The van der Waals surface area contributed by atoms with Crippen LogP contribution in [0.25, 0.3) is 10.9 Å². The second-order valence-electron chi connectivity index (χ2n) is 18.3. The molecule has 1 spiro atoms. The van der Waals surface area contributed by atoms with Crippen LogP contribution in [0.1, 0.15) is 80.8 Å². The van der Waals surface area contributed by atoms with Gasteiger partial charge in [0.2, 0.25) is 5.60 Å². The van der Waals surface area contributed by atoms with Crippen LogP contribution < -0.4 is 4.90 Å². The number of carbonyl (C=O) groups excluding carboxylic acids is 3. The van der Waals surface area contributed by atoms with Crippen molar-refractivity contribution in [3.05, 3.63) is 76.5 Å². The molecule has 9 rings (SSSR count). The van der Waals surface area contributed by atoms with Crippen molar-refractivity contribution in [2.75, 3.05) is 58.9 Å². The van der Waals surface area contributed by atoms with Crippen LogP contribution in [0, 0.1) is 11.3 Å². The highest BCUT2D eigenvalue weighted by Crippen LogP contribution is 2.68. The SMILES string of the molecule is CC[C@]1(O)C[C@H]2CN(CCc3c([nH]c4ccccc34)[C@@](C(=O)OC)(c3cc4c(cc3CO)N(C)[C@H]3[C@@](O)(C(=O)OC)[C@H](OC(C)=O)[C@]5(CC)C=CCN6CC[C@]43[C@@H]65)C2)C1. The first-order chi connectivity index (χ1) is 28.2. The number of aliphatic hydroxyl groups is 3. The minimum atomic E-state index is -2.32. The number of hydrogen-bond donors (Lipinski definition) is 4. The number of rotatable bonds is 7. The number of fused-ring (bicyclic) bond motifs is 6. The Morgan fingerprint density at radius 2 is 1.73 bits per heavy atom. The number of nitrogens with zero attached hydrogens (tertiary/aromatic N) is 3. The molecule has 1 saturated carbocycles. The molecular formula is C46H58N4O9. The van der Waals surface area contributed by atoms with Gasteiger partial charge >= 0.3 is 17.9 Å². The first kappa shape index (κ1) is 40.2. The van der Waals surface area contributed by atoms with Crippen molar-refractivity contribution in [1.29, 1.82) is 0 Å². The molecule has 1 aromatic heterocycles. The van der Waals surface area contributed by atoms with E-state index >= 15 is 4.79 Å². The zero-order chi connectivity index (χ0) is 41.9. The van der Waals surface area contributed by atoms with E-state index in [1.165, 1.54) is 21.1 Å². The van der Waals surface area contributed by atoms with Crippen LogP contribution in [0.4, 0.5) is 5.69 Å². The number of carbonyl (C=O) groups is 3. The van der Waals surface area contributed by atoms with Gasteiger partial charge in [-0.1, -0.05) is 50.3 Å². The van der Waals surface area contributed by atoms with Crippen LogP contribution in [-0.2, 0) is 52.5 Å². The number of H-pyrrole nitrogens is 1. The normalized spacial score (nSPS) is 37.0. The molecule has 316 valence electrons. The van der Waals surface area contributed by atoms with E-state index in [4.69, 9.17) is 14.2 Å². The Kier molecular flexibility index (Phi) is 9.45. The number of aromatic amines is 1. The van der Waals surface area contributed by atoms with Crippen molar-refractivity contribution in [3.63, 3.8) is 0 Å². The van der Waals surface area contributed by atoms with E-state index in [0.29, 0.717) is 88.1 Å². The van der Waals surface area contributed by atoms with E-state index in [2.05, 4.69) is 26.9 Å². The van der Waals surface area contributed by atoms with E-state index in [1.54, 1.807) is 0 Å². The fraction of sp³-hybridized carbons (Fsp3) is 0.587. The molecule has 2 bridgehead atoms. The van der Waals surface area contributed by atoms with Crippen molar-refractivity contribution >= 4 is 34.5 Å². The zero-order valence-electron chi connectivity index (χ0n) is 35.0. The summed E-state index contributed by atoms with van der Waals surface area (Å²) in [5, 5.41) is 37.8. The zero-order valence-corrected chi connectivity index (χ0v) is 35.0. The predicted octanol–water partition coefficient (Wildman–Crippen LogP) is 3.47. The van der Waals surface area contributed by atoms with Gasteiger partial charge in [-0.05, 0) is 85.4 Å². The lowest BCUT2D eigenvalue weighted by molar-refractivity contribution is -0.228. The molecule has 0 radical (unpaired) electrons. The average molecular weight is 811 g/mol. The second-order valence-corrected chi connectivity index (χ2v) is 18.3. The van der Waals surface area contributed by atoms with E-state index in [9.17, 15) is 24.9 Å². The van der Waals surface area contributed by atoms with E-state index in [1.807, 2.05) is 62.2 Å². The molecule has 3 aromatic rings. The number of ether oxygens (including phenoxy) is 3. The van der Waals surface area contributed by atoms with Gasteiger partial charge in [0.15, 0.2) is 6.10 Å². The van der Waals surface area contributed by atoms with Gasteiger partial charge in [-0.2, -0.15) is 0 Å². The standard InChI is InChI=1S/C46H58N4O9/c1-7-42(55)22-28-23-45(40(53)57-5,36-31(14-18-49(24-28)26-42)30-12-9-10-13-34(30)47-36)32-21-33-35(20-29(32)25-51)48(4)38-44(33)16-19-50-17-11-15-43(8-2,37(44)50)39(59-27(3)52)46(38,56)41(54)58-6/h9-13,15,20-21,28,37-39,47,51,55-56H,7-8,14,16-19,22-26H2,1-6H3/t28-,37+,38-,39-,42+,43-,44-,45+,46+/m1/s1. The number of piperidine rings is 1. The lowest BCUT2D eigenvalue weighted by Gasteiger charge is -2.63. The fourth-order valence-corrected chi connectivity index (χ4v) is 13.6.